The van der Waals surface area contributed by atoms with E-state index >= 15 is 0 Å². The molecule has 4 aromatic rings. The molecule has 0 nitrogen and oxygen atoms in total. The van der Waals surface area contributed by atoms with Gasteiger partial charge in [-0.15, -0.1) is 0 Å². The first-order chi connectivity index (χ1) is 14.8. The Hall–Kier alpha value is -2.78. The summed E-state index contributed by atoms with van der Waals surface area (Å²) in [7, 11) is 0. The quantitative estimate of drug-likeness (QED) is 0.269. The van der Waals surface area contributed by atoms with Crippen molar-refractivity contribution in [2.24, 2.45) is 0 Å². The number of hydrogen-bond acceptors (Lipinski definition) is 0. The molecule has 0 radical (unpaired) electrons. The van der Waals surface area contributed by atoms with Crippen LogP contribution < -0.4 is 0 Å². The number of aryl methyl sites for hydroxylation is 4. The van der Waals surface area contributed by atoms with E-state index in [1.165, 1.54) is 17.7 Å². The summed E-state index contributed by atoms with van der Waals surface area (Å²) in [6.45, 7) is 8.08. The molecule has 0 bridgehead atoms. The summed E-state index contributed by atoms with van der Waals surface area (Å²) in [4.78, 5) is 0. The third-order valence-electron chi connectivity index (χ3n) is 5.22. The van der Waals surface area contributed by atoms with Gasteiger partial charge in [-0.2, -0.15) is 0 Å². The zero-order valence-corrected chi connectivity index (χ0v) is 19.7. The lowest BCUT2D eigenvalue weighted by molar-refractivity contribution is 0.631. The van der Waals surface area contributed by atoms with Crippen molar-refractivity contribution in [1.82, 2.24) is 0 Å². The second-order valence-corrected chi connectivity index (χ2v) is 8.55. The Balaban J connectivity index is 0.000000176. The van der Waals surface area contributed by atoms with Gasteiger partial charge < -0.3 is 0 Å². The molecule has 3 heteroatoms. The standard InChI is InChI=1S/C14H12BrF.C14H13F/c1-9-7-10(2)13(15)8-12(9)11-5-3-4-6-14(11)16;1-10-7-8-12(11(2)9-10)13-5-3-4-6-14(13)15/h3-8H,1-2H3;3-9H,1-2H3. The van der Waals surface area contributed by atoms with Gasteiger partial charge in [-0.1, -0.05) is 82.2 Å². The van der Waals surface area contributed by atoms with Gasteiger partial charge in [-0.05, 0) is 73.7 Å². The number of rotatable bonds is 2. The SMILES string of the molecule is Cc1cc(C)c(-c2ccccc2F)cc1Br.Cc1ccc(-c2ccccc2F)c(C)c1. The Morgan fingerprint density at radius 2 is 1.03 bits per heavy atom. The summed E-state index contributed by atoms with van der Waals surface area (Å²) >= 11 is 3.48. The van der Waals surface area contributed by atoms with E-state index in [2.05, 4.69) is 28.1 Å². The number of halogens is 3. The molecule has 0 N–H and O–H groups in total. The van der Waals surface area contributed by atoms with E-state index in [9.17, 15) is 8.78 Å². The predicted molar refractivity (Wildman–Crippen MR) is 130 cm³/mol. The van der Waals surface area contributed by atoms with Crippen molar-refractivity contribution in [1.29, 1.82) is 0 Å². The second-order valence-electron chi connectivity index (χ2n) is 7.69. The maximum atomic E-state index is 13.7. The molecule has 0 saturated carbocycles. The van der Waals surface area contributed by atoms with Gasteiger partial charge in [-0.25, -0.2) is 8.78 Å². The van der Waals surface area contributed by atoms with Crippen LogP contribution in [0.25, 0.3) is 22.3 Å². The van der Waals surface area contributed by atoms with E-state index in [-0.39, 0.29) is 11.6 Å². The third kappa shape index (κ3) is 5.48. The Labute approximate surface area is 191 Å². The van der Waals surface area contributed by atoms with Gasteiger partial charge in [0, 0.05) is 15.6 Å². The summed E-state index contributed by atoms with van der Waals surface area (Å²) in [5, 5.41) is 0. The van der Waals surface area contributed by atoms with Crippen molar-refractivity contribution in [2.45, 2.75) is 27.7 Å². The van der Waals surface area contributed by atoms with Crippen LogP contribution in [0.4, 0.5) is 8.78 Å². The van der Waals surface area contributed by atoms with Gasteiger partial charge >= 0.3 is 0 Å². The van der Waals surface area contributed by atoms with Crippen LogP contribution in [-0.2, 0) is 0 Å². The number of benzene rings is 4. The van der Waals surface area contributed by atoms with Crippen LogP contribution in [0.3, 0.4) is 0 Å². The lowest BCUT2D eigenvalue weighted by Crippen LogP contribution is -1.89. The molecule has 0 aliphatic carbocycles. The summed E-state index contributed by atoms with van der Waals surface area (Å²) in [5.74, 6) is -0.342. The fraction of sp³-hybridized carbons (Fsp3) is 0.143. The lowest BCUT2D eigenvalue weighted by atomic mass is 9.98. The van der Waals surface area contributed by atoms with E-state index in [0.717, 1.165) is 32.3 Å². The molecule has 0 spiro atoms. The molecule has 0 atom stereocenters. The van der Waals surface area contributed by atoms with Crippen LogP contribution in [0, 0.1) is 39.3 Å². The Kier molecular flexibility index (Phi) is 7.40. The van der Waals surface area contributed by atoms with Gasteiger partial charge in [0.2, 0.25) is 0 Å². The topological polar surface area (TPSA) is 0 Å². The zero-order chi connectivity index (χ0) is 22.5. The fourth-order valence-electron chi connectivity index (χ4n) is 3.59. The molecule has 0 fully saturated rings. The molecule has 0 unspecified atom stereocenters. The monoisotopic (exact) mass is 478 g/mol. The molecule has 0 heterocycles. The highest BCUT2D eigenvalue weighted by atomic mass is 79.9. The minimum Gasteiger partial charge on any atom is -0.206 e. The normalized spacial score (nSPS) is 10.4. The molecule has 4 rings (SSSR count). The lowest BCUT2D eigenvalue weighted by Gasteiger charge is -2.09. The van der Waals surface area contributed by atoms with Crippen molar-refractivity contribution in [3.05, 3.63) is 117 Å². The van der Waals surface area contributed by atoms with Crippen LogP contribution >= 0.6 is 15.9 Å². The van der Waals surface area contributed by atoms with Crippen LogP contribution in [0.15, 0.2) is 83.3 Å². The van der Waals surface area contributed by atoms with E-state index in [1.54, 1.807) is 18.2 Å². The van der Waals surface area contributed by atoms with Crippen molar-refractivity contribution in [2.75, 3.05) is 0 Å². The molecule has 31 heavy (non-hydrogen) atoms. The van der Waals surface area contributed by atoms with Crippen molar-refractivity contribution >= 4 is 15.9 Å². The fourth-order valence-corrected chi connectivity index (χ4v) is 3.93. The van der Waals surface area contributed by atoms with Crippen LogP contribution in [0.5, 0.6) is 0 Å². The van der Waals surface area contributed by atoms with Gasteiger partial charge in [-0.3, -0.25) is 0 Å². The highest BCUT2D eigenvalue weighted by Gasteiger charge is 2.09. The first kappa shape index (κ1) is 22.9. The van der Waals surface area contributed by atoms with Crippen LogP contribution in [-0.4, -0.2) is 0 Å². The summed E-state index contributed by atoms with van der Waals surface area (Å²) in [5.41, 5.74) is 7.81. The molecular weight excluding hydrogens is 454 g/mol. The highest BCUT2D eigenvalue weighted by molar-refractivity contribution is 9.10. The van der Waals surface area contributed by atoms with E-state index < -0.39 is 0 Å². The van der Waals surface area contributed by atoms with Crippen molar-refractivity contribution in [3.8, 4) is 22.3 Å². The number of hydrogen-bond donors (Lipinski definition) is 0. The first-order valence-corrected chi connectivity index (χ1v) is 10.9. The predicted octanol–water partition coefficient (Wildman–Crippen LogP) is 8.98. The van der Waals surface area contributed by atoms with Gasteiger partial charge in [0.1, 0.15) is 11.6 Å². The average Bonchev–Trinajstić information content (AvgIpc) is 2.73. The van der Waals surface area contributed by atoms with Gasteiger partial charge in [0.15, 0.2) is 0 Å². The van der Waals surface area contributed by atoms with Gasteiger partial charge in [0.25, 0.3) is 0 Å². The average molecular weight is 479 g/mol. The molecule has 0 aliphatic rings. The molecular formula is C28H25BrF2. The van der Waals surface area contributed by atoms with Crippen molar-refractivity contribution in [3.63, 3.8) is 0 Å². The smallest absolute Gasteiger partial charge is 0.131 e. The summed E-state index contributed by atoms with van der Waals surface area (Å²) in [6.07, 6.45) is 0. The highest BCUT2D eigenvalue weighted by Crippen LogP contribution is 2.31. The zero-order valence-electron chi connectivity index (χ0n) is 18.1. The van der Waals surface area contributed by atoms with E-state index in [1.807, 2.05) is 64.1 Å². The molecule has 0 aromatic heterocycles. The van der Waals surface area contributed by atoms with E-state index in [0.29, 0.717) is 11.1 Å². The second kappa shape index (κ2) is 10.0. The Morgan fingerprint density at radius 3 is 1.58 bits per heavy atom. The van der Waals surface area contributed by atoms with Crippen LogP contribution in [0.2, 0.25) is 0 Å². The van der Waals surface area contributed by atoms with Gasteiger partial charge in [0.05, 0.1) is 0 Å². The minimum absolute atomic E-state index is 0.163. The molecule has 4 aromatic carbocycles. The molecule has 0 amide bonds. The molecule has 0 aliphatic heterocycles. The Morgan fingerprint density at radius 1 is 0.516 bits per heavy atom. The largest absolute Gasteiger partial charge is 0.206 e. The summed E-state index contributed by atoms with van der Waals surface area (Å²) < 4.78 is 28.2. The molecule has 0 saturated heterocycles. The van der Waals surface area contributed by atoms with E-state index in [4.69, 9.17) is 0 Å². The first-order valence-electron chi connectivity index (χ1n) is 10.1. The van der Waals surface area contributed by atoms with Crippen LogP contribution in [0.1, 0.15) is 22.3 Å². The maximum absolute atomic E-state index is 13.7. The minimum atomic E-state index is -0.179. The third-order valence-corrected chi connectivity index (χ3v) is 6.07. The molecule has 158 valence electrons. The van der Waals surface area contributed by atoms with Crippen molar-refractivity contribution < 1.29 is 8.78 Å². The Bertz CT molecular complexity index is 1210. The summed E-state index contributed by atoms with van der Waals surface area (Å²) in [6, 6.07) is 23.8. The maximum Gasteiger partial charge on any atom is 0.131 e.